The maximum Gasteiger partial charge on any atom is 0.242 e. The molecule has 0 spiro atoms. The summed E-state index contributed by atoms with van der Waals surface area (Å²) in [5.74, 6) is 0.612. The van der Waals surface area contributed by atoms with Crippen molar-refractivity contribution in [1.29, 1.82) is 0 Å². The minimum Gasteiger partial charge on any atom is -0.354 e. The number of nitrogens with one attached hydrogen (secondary N) is 1. The van der Waals surface area contributed by atoms with Gasteiger partial charge in [-0.2, -0.15) is 0 Å². The molecule has 1 N–H and O–H groups in total. The van der Waals surface area contributed by atoms with Crippen LogP contribution in [0.3, 0.4) is 0 Å². The van der Waals surface area contributed by atoms with Gasteiger partial charge in [-0.1, -0.05) is 60.9 Å². The Morgan fingerprint density at radius 2 is 1.80 bits per heavy atom. The third kappa shape index (κ3) is 7.86. The third-order valence-corrected chi connectivity index (χ3v) is 6.05. The molecule has 2 aromatic rings. The molecule has 0 aliphatic heterocycles. The average molecular weight is 427 g/mol. The Kier molecular flexibility index (Phi) is 9.95. The maximum absolute atomic E-state index is 13.1. The van der Waals surface area contributed by atoms with Gasteiger partial charge in [-0.15, -0.1) is 11.8 Å². The van der Waals surface area contributed by atoms with E-state index in [0.717, 1.165) is 28.9 Å². The summed E-state index contributed by atoms with van der Waals surface area (Å²) in [6.45, 7) is 9.10. The topological polar surface area (TPSA) is 49.4 Å². The molecule has 0 saturated heterocycles. The number of amides is 2. The lowest BCUT2D eigenvalue weighted by Gasteiger charge is -2.29. The molecule has 2 aromatic carbocycles. The summed E-state index contributed by atoms with van der Waals surface area (Å²) in [5, 5.41) is 2.97. The molecule has 0 aromatic heterocycles. The molecule has 0 radical (unpaired) electrons. The predicted molar refractivity (Wildman–Crippen MR) is 126 cm³/mol. The Labute approximate surface area is 185 Å². The first-order valence-corrected chi connectivity index (χ1v) is 11.7. The van der Waals surface area contributed by atoms with Crippen LogP contribution in [0, 0.1) is 13.8 Å². The number of carbonyl (C=O) groups is 2. The second-order valence-corrected chi connectivity index (χ2v) is 8.91. The lowest BCUT2D eigenvalue weighted by atomic mass is 10.1. The Morgan fingerprint density at radius 1 is 1.07 bits per heavy atom. The minimum absolute atomic E-state index is 0.00857. The first kappa shape index (κ1) is 24.0. The van der Waals surface area contributed by atoms with Crippen LogP contribution in [0.1, 0.15) is 49.8 Å². The van der Waals surface area contributed by atoms with Crippen molar-refractivity contribution in [2.45, 2.75) is 64.4 Å². The first-order valence-electron chi connectivity index (χ1n) is 10.7. The van der Waals surface area contributed by atoms with Crippen molar-refractivity contribution in [2.24, 2.45) is 0 Å². The second kappa shape index (κ2) is 12.4. The summed E-state index contributed by atoms with van der Waals surface area (Å²) >= 11 is 1.67. The van der Waals surface area contributed by atoms with E-state index in [0.29, 0.717) is 25.3 Å². The molecule has 0 saturated carbocycles. The lowest BCUT2D eigenvalue weighted by molar-refractivity contribution is -0.140. The highest BCUT2D eigenvalue weighted by molar-refractivity contribution is 7.99. The standard InChI is InChI=1S/C25H34N2O2S/c1-5-6-15-26-25(29)21(4)27(18-22-9-7-8-20(3)17-22)24(28)14-16-30-23-12-10-19(2)11-13-23/h7-13,17,21H,5-6,14-16,18H2,1-4H3,(H,26,29)/t21-/m1/s1. The van der Waals surface area contributed by atoms with Gasteiger partial charge in [-0.3, -0.25) is 9.59 Å². The van der Waals surface area contributed by atoms with E-state index in [2.05, 4.69) is 49.5 Å². The summed E-state index contributed by atoms with van der Waals surface area (Å²) in [6, 6.07) is 15.9. The number of hydrogen-bond donors (Lipinski definition) is 1. The molecule has 0 bridgehead atoms. The van der Waals surface area contributed by atoms with Gasteiger partial charge in [0.25, 0.3) is 0 Å². The lowest BCUT2D eigenvalue weighted by Crippen LogP contribution is -2.47. The minimum atomic E-state index is -0.501. The van der Waals surface area contributed by atoms with Crippen LogP contribution >= 0.6 is 11.8 Å². The van der Waals surface area contributed by atoms with Crippen molar-refractivity contribution < 1.29 is 9.59 Å². The largest absolute Gasteiger partial charge is 0.354 e. The molecule has 0 fully saturated rings. The maximum atomic E-state index is 13.1. The highest BCUT2D eigenvalue weighted by atomic mass is 32.2. The van der Waals surface area contributed by atoms with Gasteiger partial charge in [0, 0.05) is 30.2 Å². The average Bonchev–Trinajstić information content (AvgIpc) is 2.73. The third-order valence-electron chi connectivity index (χ3n) is 5.04. The zero-order valence-electron chi connectivity index (χ0n) is 18.6. The molecule has 1 atom stereocenters. The Morgan fingerprint density at radius 3 is 2.47 bits per heavy atom. The van der Waals surface area contributed by atoms with Gasteiger partial charge >= 0.3 is 0 Å². The van der Waals surface area contributed by atoms with Crippen molar-refractivity contribution >= 4 is 23.6 Å². The summed E-state index contributed by atoms with van der Waals surface area (Å²) in [4.78, 5) is 28.6. The summed E-state index contributed by atoms with van der Waals surface area (Å²) in [6.07, 6.45) is 2.37. The molecule has 30 heavy (non-hydrogen) atoms. The van der Waals surface area contributed by atoms with E-state index in [4.69, 9.17) is 0 Å². The molecule has 0 aliphatic rings. The molecule has 2 rings (SSSR count). The summed E-state index contributed by atoms with van der Waals surface area (Å²) in [5.41, 5.74) is 3.42. The normalized spacial score (nSPS) is 11.7. The fourth-order valence-corrected chi connectivity index (χ4v) is 4.00. The quantitative estimate of drug-likeness (QED) is 0.401. The van der Waals surface area contributed by atoms with Crippen LogP contribution in [0.15, 0.2) is 53.4 Å². The van der Waals surface area contributed by atoms with Crippen molar-refractivity contribution in [3.8, 4) is 0 Å². The molecule has 0 aliphatic carbocycles. The smallest absolute Gasteiger partial charge is 0.242 e. The van der Waals surface area contributed by atoms with Crippen molar-refractivity contribution in [1.82, 2.24) is 10.2 Å². The van der Waals surface area contributed by atoms with Crippen LogP contribution in [0.25, 0.3) is 0 Å². The van der Waals surface area contributed by atoms with E-state index in [1.165, 1.54) is 5.56 Å². The van der Waals surface area contributed by atoms with Crippen LogP contribution in [-0.4, -0.2) is 35.1 Å². The van der Waals surface area contributed by atoms with Crippen molar-refractivity contribution in [3.05, 3.63) is 65.2 Å². The first-order chi connectivity index (χ1) is 14.4. The van der Waals surface area contributed by atoms with Crippen LogP contribution < -0.4 is 5.32 Å². The van der Waals surface area contributed by atoms with Crippen LogP contribution in [0.2, 0.25) is 0 Å². The fourth-order valence-electron chi connectivity index (χ4n) is 3.16. The van der Waals surface area contributed by atoms with Crippen molar-refractivity contribution in [2.75, 3.05) is 12.3 Å². The molecular weight excluding hydrogens is 392 g/mol. The molecule has 2 amide bonds. The van der Waals surface area contributed by atoms with E-state index in [9.17, 15) is 9.59 Å². The fraction of sp³-hybridized carbons (Fsp3) is 0.440. The number of thioether (sulfide) groups is 1. The van der Waals surface area contributed by atoms with Crippen molar-refractivity contribution in [3.63, 3.8) is 0 Å². The zero-order valence-corrected chi connectivity index (χ0v) is 19.4. The Hall–Kier alpha value is -2.27. The van der Waals surface area contributed by atoms with Crippen LogP contribution in [-0.2, 0) is 16.1 Å². The van der Waals surface area contributed by atoms with Crippen LogP contribution in [0.5, 0.6) is 0 Å². The highest BCUT2D eigenvalue weighted by Gasteiger charge is 2.25. The SMILES string of the molecule is CCCCNC(=O)[C@@H](C)N(Cc1cccc(C)c1)C(=O)CCSc1ccc(C)cc1. The zero-order chi connectivity index (χ0) is 21.9. The molecule has 0 heterocycles. The number of hydrogen-bond acceptors (Lipinski definition) is 3. The van der Waals surface area contributed by atoms with E-state index in [1.807, 2.05) is 32.0 Å². The summed E-state index contributed by atoms with van der Waals surface area (Å²) < 4.78 is 0. The van der Waals surface area contributed by atoms with Gasteiger partial charge in [-0.25, -0.2) is 0 Å². The number of nitrogens with zero attached hydrogens (tertiary/aromatic N) is 1. The van der Waals surface area contributed by atoms with E-state index >= 15 is 0 Å². The monoisotopic (exact) mass is 426 g/mol. The van der Waals surface area contributed by atoms with E-state index < -0.39 is 6.04 Å². The second-order valence-electron chi connectivity index (χ2n) is 7.74. The molecule has 5 heteroatoms. The summed E-state index contributed by atoms with van der Waals surface area (Å²) in [7, 11) is 0. The molecule has 4 nitrogen and oxygen atoms in total. The predicted octanol–water partition coefficient (Wildman–Crippen LogP) is 5.12. The van der Waals surface area contributed by atoms with Gasteiger partial charge in [0.2, 0.25) is 11.8 Å². The number of carbonyl (C=O) groups excluding carboxylic acids is 2. The number of rotatable bonds is 11. The van der Waals surface area contributed by atoms with Gasteiger partial charge in [0.15, 0.2) is 0 Å². The highest BCUT2D eigenvalue weighted by Crippen LogP contribution is 2.20. The van der Waals surface area contributed by atoms with Gasteiger partial charge < -0.3 is 10.2 Å². The number of aryl methyl sites for hydroxylation is 2. The van der Waals surface area contributed by atoms with Gasteiger partial charge in [0.05, 0.1) is 0 Å². The molecular formula is C25H34N2O2S. The van der Waals surface area contributed by atoms with Gasteiger partial charge in [-0.05, 0) is 44.9 Å². The Balaban J connectivity index is 2.03. The van der Waals surface area contributed by atoms with E-state index in [-0.39, 0.29) is 11.8 Å². The molecule has 162 valence electrons. The Bertz CT molecular complexity index is 820. The van der Waals surface area contributed by atoms with E-state index in [1.54, 1.807) is 16.7 Å². The van der Waals surface area contributed by atoms with Crippen LogP contribution in [0.4, 0.5) is 0 Å². The number of benzene rings is 2. The molecule has 0 unspecified atom stereocenters. The van der Waals surface area contributed by atoms with Gasteiger partial charge in [0.1, 0.15) is 6.04 Å². The number of unbranched alkanes of at least 4 members (excludes halogenated alkanes) is 1.